The van der Waals surface area contributed by atoms with Crippen molar-refractivity contribution in [2.24, 2.45) is 0 Å². The van der Waals surface area contributed by atoms with Crippen molar-refractivity contribution in [3.63, 3.8) is 0 Å². The van der Waals surface area contributed by atoms with Crippen LogP contribution in [0.3, 0.4) is 0 Å². The van der Waals surface area contributed by atoms with Gasteiger partial charge in [0.15, 0.2) is 0 Å². The van der Waals surface area contributed by atoms with Crippen molar-refractivity contribution < 1.29 is 14.7 Å². The molecule has 0 aliphatic carbocycles. The Labute approximate surface area is 100 Å². The maximum atomic E-state index is 2.46. The van der Waals surface area contributed by atoms with Gasteiger partial charge in [0, 0.05) is 25.7 Å². The first-order valence-corrected chi connectivity index (χ1v) is 7.12. The molecule has 2 fully saturated rings. The Balaban J connectivity index is 1.80. The fourth-order valence-electron chi connectivity index (χ4n) is 3.47. The molecule has 2 aliphatic rings. The maximum Gasteiger partial charge on any atom is 0.0983 e. The number of hydrogen-bond acceptors (Lipinski definition) is 0. The number of rotatable bonds is 2. The van der Waals surface area contributed by atoms with Gasteiger partial charge in [-0.25, -0.2) is 0 Å². The zero-order chi connectivity index (χ0) is 11.5. The van der Waals surface area contributed by atoms with Gasteiger partial charge in [-0.15, -0.1) is 0 Å². The summed E-state index contributed by atoms with van der Waals surface area (Å²) in [5.41, 5.74) is 0. The summed E-state index contributed by atoms with van der Waals surface area (Å²) < 4.78 is 0. The number of likely N-dealkylation sites (tertiary alicyclic amines) is 2. The summed E-state index contributed by atoms with van der Waals surface area (Å²) in [4.78, 5) is 5.31. The molecule has 3 N–H and O–H groups in total. The highest BCUT2D eigenvalue weighted by atomic mass is 15.2. The Morgan fingerprint density at radius 3 is 1.38 bits per heavy atom. The Hall–Kier alpha value is -0.120. The number of nitrogens with one attached hydrogen (secondary N) is 3. The van der Waals surface area contributed by atoms with Crippen molar-refractivity contribution >= 4 is 0 Å². The second-order valence-electron chi connectivity index (χ2n) is 6.21. The molecule has 2 aliphatic heterocycles. The Morgan fingerprint density at radius 2 is 1.06 bits per heavy atom. The molecule has 0 spiro atoms. The zero-order valence-electron chi connectivity index (χ0n) is 11.3. The van der Waals surface area contributed by atoms with Gasteiger partial charge >= 0.3 is 0 Å². The van der Waals surface area contributed by atoms with Gasteiger partial charge in [0.2, 0.25) is 0 Å². The highest BCUT2D eigenvalue weighted by Crippen LogP contribution is 2.00. The minimum absolute atomic E-state index is 0.951. The van der Waals surface area contributed by atoms with Crippen LogP contribution < -0.4 is 14.7 Å². The van der Waals surface area contributed by atoms with Crippen molar-refractivity contribution in [3.05, 3.63) is 0 Å². The monoisotopic (exact) mass is 228 g/mol. The van der Waals surface area contributed by atoms with E-state index in [4.69, 9.17) is 0 Å². The molecule has 0 amide bonds. The van der Waals surface area contributed by atoms with Gasteiger partial charge in [0.05, 0.1) is 59.4 Å². The summed E-state index contributed by atoms with van der Waals surface area (Å²) in [7, 11) is 7.13. The van der Waals surface area contributed by atoms with Gasteiger partial charge in [-0.2, -0.15) is 0 Å². The van der Waals surface area contributed by atoms with E-state index in [1.807, 2.05) is 4.90 Å². The van der Waals surface area contributed by atoms with Gasteiger partial charge in [0.1, 0.15) is 0 Å². The maximum absolute atomic E-state index is 2.46. The van der Waals surface area contributed by atoms with Crippen LogP contribution in [0.4, 0.5) is 0 Å². The molecular weight excluding hydrogens is 198 g/mol. The lowest BCUT2D eigenvalue weighted by molar-refractivity contribution is -0.970. The molecular formula is C13H30N3+3. The van der Waals surface area contributed by atoms with Crippen molar-refractivity contribution in [1.29, 1.82) is 0 Å². The second-order valence-corrected chi connectivity index (χ2v) is 6.21. The molecule has 3 nitrogen and oxygen atoms in total. The normalized spacial score (nSPS) is 42.9. The standard InChI is InChI=1S/C13H27N3/c1-14-8-4-12(5-9-14)16(3)13-6-10-15(2)11-7-13/h12-13H,4-11H2,1-3H3/p+3. The first-order chi connectivity index (χ1) is 7.66. The van der Waals surface area contributed by atoms with E-state index >= 15 is 0 Å². The Bertz CT molecular complexity index is 181. The zero-order valence-corrected chi connectivity index (χ0v) is 11.3. The molecule has 94 valence electrons. The highest BCUT2D eigenvalue weighted by molar-refractivity contribution is 4.64. The predicted molar refractivity (Wildman–Crippen MR) is 66.2 cm³/mol. The van der Waals surface area contributed by atoms with E-state index < -0.39 is 0 Å². The summed E-state index contributed by atoms with van der Waals surface area (Å²) in [5, 5.41) is 0. The SMILES string of the molecule is C[NH+]1CCC([NH+](C)C2CC[NH+](C)CC2)CC1. The molecule has 0 aromatic carbocycles. The van der Waals surface area contributed by atoms with Crippen molar-refractivity contribution in [3.8, 4) is 0 Å². The lowest BCUT2D eigenvalue weighted by Crippen LogP contribution is -3.22. The van der Waals surface area contributed by atoms with Gasteiger partial charge in [-0.3, -0.25) is 0 Å². The van der Waals surface area contributed by atoms with Crippen LogP contribution in [0.25, 0.3) is 0 Å². The smallest absolute Gasteiger partial charge is 0.0983 e. The summed E-state index contributed by atoms with van der Waals surface area (Å²) in [6.45, 7) is 5.56. The lowest BCUT2D eigenvalue weighted by Gasteiger charge is -2.37. The summed E-state index contributed by atoms with van der Waals surface area (Å²) in [6.07, 6.45) is 5.77. The van der Waals surface area contributed by atoms with Crippen molar-refractivity contribution in [1.82, 2.24) is 0 Å². The van der Waals surface area contributed by atoms with Crippen LogP contribution in [0.15, 0.2) is 0 Å². The van der Waals surface area contributed by atoms with Crippen LogP contribution in [0.5, 0.6) is 0 Å². The number of hydrogen-bond donors (Lipinski definition) is 3. The first kappa shape index (κ1) is 12.3. The van der Waals surface area contributed by atoms with E-state index in [1.54, 1.807) is 9.80 Å². The minimum Gasteiger partial charge on any atom is -0.337 e. The molecule has 2 heterocycles. The quantitative estimate of drug-likeness (QED) is 0.442. The third-order valence-electron chi connectivity index (χ3n) is 4.97. The molecule has 0 aromatic rings. The summed E-state index contributed by atoms with van der Waals surface area (Å²) in [5.74, 6) is 0. The predicted octanol–water partition coefficient (Wildman–Crippen LogP) is -3.14. The third kappa shape index (κ3) is 2.96. The van der Waals surface area contributed by atoms with Crippen molar-refractivity contribution in [2.75, 3.05) is 47.3 Å². The van der Waals surface area contributed by atoms with Gasteiger partial charge < -0.3 is 14.7 Å². The molecule has 0 unspecified atom stereocenters. The third-order valence-corrected chi connectivity index (χ3v) is 4.97. The van der Waals surface area contributed by atoms with Crippen molar-refractivity contribution in [2.45, 2.75) is 37.8 Å². The van der Waals surface area contributed by atoms with Crippen LogP contribution in [0.2, 0.25) is 0 Å². The van der Waals surface area contributed by atoms with Crippen LogP contribution in [0, 0.1) is 0 Å². The minimum atomic E-state index is 0.951. The van der Waals surface area contributed by atoms with E-state index in [0.29, 0.717) is 0 Å². The lowest BCUT2D eigenvalue weighted by atomic mass is 9.98. The van der Waals surface area contributed by atoms with Gasteiger partial charge in [-0.05, 0) is 0 Å². The fraction of sp³-hybridized carbons (Fsp3) is 1.00. The summed E-state index contributed by atoms with van der Waals surface area (Å²) in [6, 6.07) is 1.90. The molecule has 2 rings (SSSR count). The molecule has 0 bridgehead atoms. The van der Waals surface area contributed by atoms with Gasteiger partial charge in [-0.1, -0.05) is 0 Å². The second kappa shape index (κ2) is 5.48. The molecule has 0 radical (unpaired) electrons. The van der Waals surface area contributed by atoms with E-state index in [9.17, 15) is 0 Å². The fourth-order valence-corrected chi connectivity index (χ4v) is 3.47. The Kier molecular flexibility index (Phi) is 4.22. The average Bonchev–Trinajstić information content (AvgIpc) is 2.30. The first-order valence-electron chi connectivity index (χ1n) is 7.12. The number of piperidine rings is 2. The number of quaternary nitrogens is 3. The van der Waals surface area contributed by atoms with Crippen LogP contribution in [-0.2, 0) is 0 Å². The topological polar surface area (TPSA) is 13.3 Å². The molecule has 0 saturated carbocycles. The average molecular weight is 228 g/mol. The largest absolute Gasteiger partial charge is 0.337 e. The highest BCUT2D eigenvalue weighted by Gasteiger charge is 2.33. The molecule has 2 saturated heterocycles. The van der Waals surface area contributed by atoms with E-state index in [1.165, 1.54) is 51.9 Å². The van der Waals surface area contributed by atoms with E-state index in [2.05, 4.69) is 21.1 Å². The molecule has 16 heavy (non-hydrogen) atoms. The molecule has 3 heteroatoms. The van der Waals surface area contributed by atoms with Gasteiger partial charge in [0.25, 0.3) is 0 Å². The van der Waals surface area contributed by atoms with E-state index in [-0.39, 0.29) is 0 Å². The van der Waals surface area contributed by atoms with Crippen LogP contribution >= 0.6 is 0 Å². The van der Waals surface area contributed by atoms with Crippen LogP contribution in [-0.4, -0.2) is 59.4 Å². The Morgan fingerprint density at radius 1 is 0.750 bits per heavy atom. The molecule has 0 atom stereocenters. The summed E-state index contributed by atoms with van der Waals surface area (Å²) >= 11 is 0. The van der Waals surface area contributed by atoms with E-state index in [0.717, 1.165) is 12.1 Å². The van der Waals surface area contributed by atoms with Crippen LogP contribution in [0.1, 0.15) is 25.7 Å². The molecule has 0 aromatic heterocycles.